The van der Waals surface area contributed by atoms with Crippen LogP contribution in [0.1, 0.15) is 0 Å². The number of halogens is 1. The monoisotopic (exact) mass is 121 g/mol. The molecular formula is C7H7BF-. The molecule has 0 unspecified atom stereocenters. The van der Waals surface area contributed by atoms with Gasteiger partial charge in [0.25, 0.3) is 0 Å². The molecule has 0 spiro atoms. The molecule has 0 saturated heterocycles. The smallest absolute Gasteiger partial charge is 0.119 e. The van der Waals surface area contributed by atoms with Gasteiger partial charge in [0.2, 0.25) is 0 Å². The van der Waals surface area contributed by atoms with Gasteiger partial charge in [-0.05, 0) is 6.07 Å². The molecule has 0 atom stereocenters. The lowest BCUT2D eigenvalue weighted by Crippen LogP contribution is -2.09. The maximum atomic E-state index is 12.3. The van der Waals surface area contributed by atoms with Gasteiger partial charge in [-0.25, -0.2) is 11.2 Å². The zero-order chi connectivity index (χ0) is 6.69. The summed E-state index contributed by atoms with van der Waals surface area (Å²) >= 11 is 0. The highest BCUT2D eigenvalue weighted by molar-refractivity contribution is 6.51. The Hall–Kier alpha value is -0.785. The molecule has 0 aromatic heterocycles. The molecule has 0 aliphatic rings. The van der Waals surface area contributed by atoms with Gasteiger partial charge in [-0.15, -0.1) is 6.07 Å². The first-order valence-electron chi connectivity index (χ1n) is 2.88. The maximum absolute atomic E-state index is 12.3. The largest absolute Gasteiger partial charge is 0.301 e. The van der Waals surface area contributed by atoms with Gasteiger partial charge >= 0.3 is 0 Å². The van der Waals surface area contributed by atoms with Crippen molar-refractivity contribution in [2.45, 2.75) is 6.82 Å². The number of hydrogen-bond acceptors (Lipinski definition) is 0. The van der Waals surface area contributed by atoms with E-state index >= 15 is 0 Å². The summed E-state index contributed by atoms with van der Waals surface area (Å²) in [7, 11) is 1.86. The summed E-state index contributed by atoms with van der Waals surface area (Å²) in [5.41, 5.74) is 0.926. The molecule has 0 amide bonds. The molecule has 1 aromatic carbocycles. The topological polar surface area (TPSA) is 0 Å². The third kappa shape index (κ3) is 1.56. The van der Waals surface area contributed by atoms with E-state index in [1.54, 1.807) is 6.07 Å². The quantitative estimate of drug-likeness (QED) is 0.489. The average molecular weight is 121 g/mol. The Labute approximate surface area is 54.9 Å². The van der Waals surface area contributed by atoms with E-state index < -0.39 is 0 Å². The van der Waals surface area contributed by atoms with Crippen LogP contribution in [0.15, 0.2) is 24.3 Å². The maximum Gasteiger partial charge on any atom is 0.119 e. The van der Waals surface area contributed by atoms with Crippen molar-refractivity contribution in [1.29, 1.82) is 0 Å². The molecule has 0 N–H and O–H groups in total. The molecule has 46 valence electrons. The molecule has 0 saturated carbocycles. The van der Waals surface area contributed by atoms with E-state index in [0.717, 1.165) is 5.46 Å². The lowest BCUT2D eigenvalue weighted by atomic mass is 9.73. The van der Waals surface area contributed by atoms with Crippen molar-refractivity contribution in [3.8, 4) is 0 Å². The molecule has 0 aliphatic heterocycles. The molecular weight excluding hydrogens is 114 g/mol. The van der Waals surface area contributed by atoms with Crippen molar-refractivity contribution < 1.29 is 4.39 Å². The normalized spacial score (nSPS) is 9.56. The van der Waals surface area contributed by atoms with Crippen LogP contribution in [-0.2, 0) is 0 Å². The zero-order valence-electron chi connectivity index (χ0n) is 5.26. The summed E-state index contributed by atoms with van der Waals surface area (Å²) in [5, 5.41) is 0. The van der Waals surface area contributed by atoms with Crippen molar-refractivity contribution in [1.82, 2.24) is 0 Å². The van der Waals surface area contributed by atoms with Crippen LogP contribution in [-0.4, -0.2) is 7.28 Å². The molecule has 1 aromatic rings. The zero-order valence-corrected chi connectivity index (χ0v) is 5.26. The molecule has 0 bridgehead atoms. The standard InChI is InChI=1S/C7H7BF/c1-8-6-3-2-4-7(9)5-6/h2-5H,1H3/q-1. The van der Waals surface area contributed by atoms with Gasteiger partial charge in [0.1, 0.15) is 5.82 Å². The van der Waals surface area contributed by atoms with E-state index in [-0.39, 0.29) is 5.82 Å². The number of benzene rings is 1. The first kappa shape index (κ1) is 6.34. The second-order valence-electron chi connectivity index (χ2n) is 1.84. The molecule has 0 fully saturated rings. The lowest BCUT2D eigenvalue weighted by molar-refractivity contribution is 0.629. The fraction of sp³-hybridized carbons (Fsp3) is 0.143. The number of rotatable bonds is 1. The van der Waals surface area contributed by atoms with E-state index in [9.17, 15) is 4.39 Å². The molecule has 1 rings (SSSR count). The lowest BCUT2D eigenvalue weighted by Gasteiger charge is -2.06. The molecule has 0 nitrogen and oxygen atoms in total. The number of hydrogen-bond donors (Lipinski definition) is 0. The highest BCUT2D eigenvalue weighted by atomic mass is 19.1. The van der Waals surface area contributed by atoms with E-state index in [1.807, 2.05) is 20.2 Å². The fourth-order valence-electron chi connectivity index (χ4n) is 0.686. The van der Waals surface area contributed by atoms with Crippen LogP contribution in [0, 0.1) is 5.82 Å². The summed E-state index contributed by atoms with van der Waals surface area (Å²) in [5.74, 6) is -0.175. The van der Waals surface area contributed by atoms with Gasteiger partial charge < -0.3 is 7.28 Å². The Bertz CT molecular complexity index is 198. The third-order valence-corrected chi connectivity index (χ3v) is 1.18. The second-order valence-corrected chi connectivity index (χ2v) is 1.84. The van der Waals surface area contributed by atoms with Crippen molar-refractivity contribution in [2.24, 2.45) is 0 Å². The van der Waals surface area contributed by atoms with Gasteiger partial charge in [0.05, 0.1) is 0 Å². The van der Waals surface area contributed by atoms with E-state index in [1.165, 1.54) is 12.1 Å². The molecule has 9 heavy (non-hydrogen) atoms. The van der Waals surface area contributed by atoms with E-state index in [0.29, 0.717) is 0 Å². The highest BCUT2D eigenvalue weighted by Gasteiger charge is 1.80. The average Bonchev–Trinajstić information content (AvgIpc) is 1.88. The van der Waals surface area contributed by atoms with Crippen LogP contribution >= 0.6 is 0 Å². The van der Waals surface area contributed by atoms with Crippen LogP contribution in [0.4, 0.5) is 4.39 Å². The van der Waals surface area contributed by atoms with Crippen LogP contribution < -0.4 is 5.46 Å². The molecule has 2 heteroatoms. The molecule has 2 radical (unpaired) electrons. The Morgan fingerprint density at radius 2 is 2.22 bits per heavy atom. The van der Waals surface area contributed by atoms with E-state index in [4.69, 9.17) is 0 Å². The highest BCUT2D eigenvalue weighted by Crippen LogP contribution is 1.90. The predicted molar refractivity (Wildman–Crippen MR) is 37.7 cm³/mol. The summed E-state index contributed by atoms with van der Waals surface area (Å²) in [6.45, 7) is 1.88. The Kier molecular flexibility index (Phi) is 1.88. The van der Waals surface area contributed by atoms with Crippen molar-refractivity contribution in [3.63, 3.8) is 0 Å². The summed E-state index contributed by atoms with van der Waals surface area (Å²) in [6.07, 6.45) is 0. The van der Waals surface area contributed by atoms with Gasteiger partial charge in [0, 0.05) is 0 Å². The minimum Gasteiger partial charge on any atom is -0.301 e. The minimum absolute atomic E-state index is 0.175. The summed E-state index contributed by atoms with van der Waals surface area (Å²) in [4.78, 5) is 0. The Morgan fingerprint density at radius 1 is 1.44 bits per heavy atom. The van der Waals surface area contributed by atoms with Gasteiger partial charge in [0.15, 0.2) is 0 Å². The fourth-order valence-corrected chi connectivity index (χ4v) is 0.686. The van der Waals surface area contributed by atoms with Crippen molar-refractivity contribution in [3.05, 3.63) is 30.1 Å². The second kappa shape index (κ2) is 2.67. The Balaban J connectivity index is 2.94. The van der Waals surface area contributed by atoms with Crippen molar-refractivity contribution >= 4 is 12.7 Å². The van der Waals surface area contributed by atoms with E-state index in [2.05, 4.69) is 0 Å². The van der Waals surface area contributed by atoms with Crippen LogP contribution in [0.25, 0.3) is 0 Å². The molecule has 0 aliphatic carbocycles. The predicted octanol–water partition coefficient (Wildman–Crippen LogP) is 1.20. The van der Waals surface area contributed by atoms with Gasteiger partial charge in [-0.2, -0.15) is 0 Å². The Morgan fingerprint density at radius 3 is 2.67 bits per heavy atom. The third-order valence-electron chi connectivity index (χ3n) is 1.18. The van der Waals surface area contributed by atoms with Gasteiger partial charge in [-0.3, -0.25) is 5.46 Å². The summed E-state index contributed by atoms with van der Waals surface area (Å²) in [6, 6.07) is 6.50. The van der Waals surface area contributed by atoms with Crippen LogP contribution in [0.2, 0.25) is 6.82 Å². The van der Waals surface area contributed by atoms with Crippen LogP contribution in [0.3, 0.4) is 0 Å². The summed E-state index contributed by atoms with van der Waals surface area (Å²) < 4.78 is 12.3. The molecule has 0 heterocycles. The first-order valence-corrected chi connectivity index (χ1v) is 2.88. The van der Waals surface area contributed by atoms with Crippen LogP contribution in [0.5, 0.6) is 0 Å². The SMILES string of the molecule is C[B-]c1cccc(F)c1. The van der Waals surface area contributed by atoms with Gasteiger partial charge in [-0.1, -0.05) is 12.1 Å². The van der Waals surface area contributed by atoms with Crippen molar-refractivity contribution in [2.75, 3.05) is 0 Å². The minimum atomic E-state index is -0.175. The first-order chi connectivity index (χ1) is 4.33.